The molecule has 1 heterocycles. The number of rotatable bonds is 9. The Morgan fingerprint density at radius 2 is 2.19 bits per heavy atom. The normalized spacial score (nSPS) is 14.9. The Hall–Kier alpha value is -1.18. The maximum Gasteiger partial charge on any atom is 0.305 e. The summed E-state index contributed by atoms with van der Waals surface area (Å²) >= 11 is 0. The molecule has 120 valence electrons. The zero-order valence-electron chi connectivity index (χ0n) is 13.4. The molecular weight excluding hydrogens is 286 g/mol. The average molecular weight is 313 g/mol. The lowest BCUT2D eigenvalue weighted by Gasteiger charge is -2.20. The lowest BCUT2D eigenvalue weighted by atomic mass is 9.93. The van der Waals surface area contributed by atoms with Crippen molar-refractivity contribution < 1.29 is 14.6 Å². The summed E-state index contributed by atoms with van der Waals surface area (Å²) in [7, 11) is -1.06. The molecule has 6 nitrogen and oxygen atoms in total. The van der Waals surface area contributed by atoms with Crippen LogP contribution in [0.4, 0.5) is 0 Å². The van der Waals surface area contributed by atoms with Crippen LogP contribution in [0.2, 0.25) is 25.7 Å². The first-order valence-corrected chi connectivity index (χ1v) is 10.9. The van der Waals surface area contributed by atoms with E-state index in [1.165, 1.54) is 0 Å². The highest BCUT2D eigenvalue weighted by Gasteiger charge is 2.23. The van der Waals surface area contributed by atoms with E-state index in [4.69, 9.17) is 15.6 Å². The number of nitrogens with two attached hydrogens (primary N) is 1. The molecule has 7 heteroatoms. The first-order chi connectivity index (χ1) is 9.57. The number of carboxylic acid groups (broad SMARTS) is 1. The highest BCUT2D eigenvalue weighted by molar-refractivity contribution is 6.76. The molecule has 3 N–H and O–H groups in total. The van der Waals surface area contributed by atoms with Crippen molar-refractivity contribution in [2.24, 2.45) is 5.73 Å². The predicted octanol–water partition coefficient (Wildman–Crippen LogP) is 1.93. The number of aromatic nitrogens is 2. The molecule has 0 aromatic carbocycles. The molecular formula is C14H27N3O3Si. The first-order valence-electron chi connectivity index (χ1n) is 7.18. The summed E-state index contributed by atoms with van der Waals surface area (Å²) in [5.41, 5.74) is 5.97. The number of aliphatic carboxylic acids is 1. The Balaban J connectivity index is 2.41. The summed E-state index contributed by atoms with van der Waals surface area (Å²) < 4.78 is 7.33. The van der Waals surface area contributed by atoms with E-state index in [0.29, 0.717) is 13.2 Å². The summed E-state index contributed by atoms with van der Waals surface area (Å²) in [6, 6.07) is 2.98. The van der Waals surface area contributed by atoms with E-state index in [0.717, 1.165) is 18.3 Å². The summed E-state index contributed by atoms with van der Waals surface area (Å²) in [5.74, 6) is -0.894. The molecule has 1 rings (SSSR count). The van der Waals surface area contributed by atoms with Gasteiger partial charge in [0.25, 0.3) is 0 Å². The molecule has 1 aromatic heterocycles. The maximum absolute atomic E-state index is 10.7. The van der Waals surface area contributed by atoms with Gasteiger partial charge in [0.15, 0.2) is 0 Å². The molecule has 0 aliphatic carbocycles. The smallest absolute Gasteiger partial charge is 0.305 e. The Labute approximate surface area is 127 Å². The third kappa shape index (κ3) is 7.98. The zero-order valence-corrected chi connectivity index (χ0v) is 14.4. The standard InChI is InChI=1S/C14H27N3O3Si/c1-14(15,10-13(18)19)9-12-5-6-17(16-12)11-20-7-8-21(2,3)4/h5-6H,7-11,15H2,1-4H3,(H,18,19)/t14-/m0/s1. The fourth-order valence-corrected chi connectivity index (χ4v) is 2.68. The van der Waals surface area contributed by atoms with E-state index in [-0.39, 0.29) is 6.42 Å². The second kappa shape index (κ2) is 7.19. The molecule has 1 aromatic rings. The third-order valence-electron chi connectivity index (χ3n) is 3.06. The van der Waals surface area contributed by atoms with Gasteiger partial charge in [-0.3, -0.25) is 4.79 Å². The summed E-state index contributed by atoms with van der Waals surface area (Å²) in [6.45, 7) is 9.83. The SMILES string of the molecule is C[C@@](N)(CC(=O)O)Cc1ccn(COCC[Si](C)(C)C)n1. The van der Waals surface area contributed by atoms with Crippen LogP contribution in [0.3, 0.4) is 0 Å². The zero-order chi connectivity index (χ0) is 16.1. The van der Waals surface area contributed by atoms with Crippen molar-refractivity contribution in [1.29, 1.82) is 0 Å². The molecule has 0 saturated heterocycles. The van der Waals surface area contributed by atoms with Gasteiger partial charge in [-0.2, -0.15) is 5.10 Å². The van der Waals surface area contributed by atoms with Gasteiger partial charge in [0.1, 0.15) is 6.73 Å². The minimum absolute atomic E-state index is 0.0768. The van der Waals surface area contributed by atoms with Gasteiger partial charge < -0.3 is 15.6 Å². The number of nitrogens with zero attached hydrogens (tertiary/aromatic N) is 2. The highest BCUT2D eigenvalue weighted by atomic mass is 28.3. The second-order valence-electron chi connectivity index (χ2n) is 7.10. The molecule has 0 fully saturated rings. The van der Waals surface area contributed by atoms with Crippen molar-refractivity contribution in [2.75, 3.05) is 6.61 Å². The maximum atomic E-state index is 10.7. The molecule has 0 aliphatic heterocycles. The van der Waals surface area contributed by atoms with Gasteiger partial charge in [0.2, 0.25) is 0 Å². The topological polar surface area (TPSA) is 90.4 Å². The number of hydrogen-bond donors (Lipinski definition) is 2. The van der Waals surface area contributed by atoms with Gasteiger partial charge >= 0.3 is 5.97 Å². The van der Waals surface area contributed by atoms with Gasteiger partial charge in [-0.25, -0.2) is 4.68 Å². The third-order valence-corrected chi connectivity index (χ3v) is 4.76. The number of carboxylic acids is 1. The summed E-state index contributed by atoms with van der Waals surface area (Å²) in [6.07, 6.45) is 2.19. The van der Waals surface area contributed by atoms with Crippen molar-refractivity contribution >= 4 is 14.0 Å². The molecule has 0 radical (unpaired) electrons. The van der Waals surface area contributed by atoms with Crippen LogP contribution in [0, 0.1) is 0 Å². The Morgan fingerprint density at radius 1 is 1.52 bits per heavy atom. The minimum atomic E-state index is -1.06. The van der Waals surface area contributed by atoms with Crippen LogP contribution in [0.5, 0.6) is 0 Å². The summed E-state index contributed by atoms with van der Waals surface area (Å²) in [5, 5.41) is 13.2. The average Bonchev–Trinajstić information content (AvgIpc) is 2.68. The van der Waals surface area contributed by atoms with Gasteiger partial charge in [-0.05, 0) is 19.0 Å². The molecule has 1 atom stereocenters. The van der Waals surface area contributed by atoms with E-state index in [1.807, 2.05) is 12.3 Å². The van der Waals surface area contributed by atoms with Crippen LogP contribution >= 0.6 is 0 Å². The van der Waals surface area contributed by atoms with Gasteiger partial charge in [0.05, 0.1) is 12.1 Å². The number of hydrogen-bond acceptors (Lipinski definition) is 4. The van der Waals surface area contributed by atoms with Crippen molar-refractivity contribution in [3.05, 3.63) is 18.0 Å². The van der Waals surface area contributed by atoms with Gasteiger partial charge in [-0.15, -0.1) is 0 Å². The van der Waals surface area contributed by atoms with Crippen molar-refractivity contribution in [3.63, 3.8) is 0 Å². The van der Waals surface area contributed by atoms with E-state index in [1.54, 1.807) is 11.6 Å². The lowest BCUT2D eigenvalue weighted by molar-refractivity contribution is -0.138. The molecule has 21 heavy (non-hydrogen) atoms. The molecule has 0 aliphatic rings. The Kier molecular flexibility index (Phi) is 6.12. The van der Waals surface area contributed by atoms with E-state index in [9.17, 15) is 4.79 Å². The molecule has 0 unspecified atom stereocenters. The Bertz CT molecular complexity index is 466. The van der Waals surface area contributed by atoms with Gasteiger partial charge in [0, 0.05) is 32.8 Å². The predicted molar refractivity (Wildman–Crippen MR) is 84.9 cm³/mol. The van der Waals surface area contributed by atoms with Crippen LogP contribution in [-0.2, 0) is 22.7 Å². The first kappa shape index (κ1) is 17.9. The van der Waals surface area contributed by atoms with Crippen molar-refractivity contribution in [2.45, 2.75) is 57.7 Å². The van der Waals surface area contributed by atoms with Crippen LogP contribution in [-0.4, -0.2) is 41.1 Å². The molecule has 0 spiro atoms. The Morgan fingerprint density at radius 3 is 2.76 bits per heavy atom. The van der Waals surface area contributed by atoms with E-state index < -0.39 is 19.6 Å². The molecule has 0 bridgehead atoms. The second-order valence-corrected chi connectivity index (χ2v) is 12.7. The van der Waals surface area contributed by atoms with Crippen molar-refractivity contribution in [3.8, 4) is 0 Å². The fraction of sp³-hybridized carbons (Fsp3) is 0.714. The van der Waals surface area contributed by atoms with Gasteiger partial charge in [-0.1, -0.05) is 19.6 Å². The number of ether oxygens (including phenoxy) is 1. The van der Waals surface area contributed by atoms with Crippen LogP contribution in [0.1, 0.15) is 19.0 Å². The minimum Gasteiger partial charge on any atom is -0.481 e. The fourth-order valence-electron chi connectivity index (χ4n) is 1.93. The monoisotopic (exact) mass is 313 g/mol. The lowest BCUT2D eigenvalue weighted by Crippen LogP contribution is -2.40. The largest absolute Gasteiger partial charge is 0.481 e. The van der Waals surface area contributed by atoms with Crippen molar-refractivity contribution in [1.82, 2.24) is 9.78 Å². The molecule has 0 saturated carbocycles. The number of carbonyl (C=O) groups is 1. The summed E-state index contributed by atoms with van der Waals surface area (Å²) in [4.78, 5) is 10.7. The van der Waals surface area contributed by atoms with Crippen LogP contribution in [0.25, 0.3) is 0 Å². The highest BCUT2D eigenvalue weighted by Crippen LogP contribution is 2.13. The van der Waals surface area contributed by atoms with Crippen LogP contribution in [0.15, 0.2) is 12.3 Å². The quantitative estimate of drug-likeness (QED) is 0.537. The van der Waals surface area contributed by atoms with E-state index in [2.05, 4.69) is 24.7 Å². The van der Waals surface area contributed by atoms with Crippen LogP contribution < -0.4 is 5.73 Å². The molecule has 0 amide bonds. The van der Waals surface area contributed by atoms with E-state index >= 15 is 0 Å².